The summed E-state index contributed by atoms with van der Waals surface area (Å²) in [7, 11) is 0. The van der Waals surface area contributed by atoms with Crippen molar-refractivity contribution in [3.05, 3.63) is 113 Å². The van der Waals surface area contributed by atoms with E-state index in [1.165, 1.54) is 11.8 Å². The Labute approximate surface area is 230 Å². The van der Waals surface area contributed by atoms with Crippen LogP contribution in [0.3, 0.4) is 0 Å². The minimum atomic E-state index is -0.478. The second-order valence-corrected chi connectivity index (χ2v) is 10.3. The lowest BCUT2D eigenvalue weighted by Crippen LogP contribution is -2.30. The van der Waals surface area contributed by atoms with E-state index < -0.39 is 17.1 Å². The van der Waals surface area contributed by atoms with Gasteiger partial charge in [0.1, 0.15) is 11.5 Å². The van der Waals surface area contributed by atoms with Gasteiger partial charge in [-0.05, 0) is 62.7 Å². The zero-order valence-corrected chi connectivity index (χ0v) is 22.5. The Bertz CT molecular complexity index is 1500. The largest absolute Gasteiger partial charge is 0.360 e. The molecule has 0 bridgehead atoms. The minimum absolute atomic E-state index is 0.0985. The Morgan fingerprint density at radius 1 is 0.897 bits per heavy atom. The first kappa shape index (κ1) is 27.4. The van der Waals surface area contributed by atoms with Gasteiger partial charge in [-0.15, -0.1) is 11.8 Å². The van der Waals surface area contributed by atoms with E-state index in [2.05, 4.69) is 21.1 Å². The van der Waals surface area contributed by atoms with E-state index in [1.54, 1.807) is 68.5 Å². The first-order valence-electron chi connectivity index (χ1n) is 12.2. The molecule has 3 aromatic carbocycles. The molecule has 1 heterocycles. The SMILES string of the molecule is Cc1ccc(/C=C(\NC(=O)c2ccccc2)C(=O)Nc2cccc(SC(C)C(=O)Nc3cc(C)on3)c2)cc1. The van der Waals surface area contributed by atoms with Gasteiger partial charge in [0, 0.05) is 22.2 Å². The Hall–Kier alpha value is -4.63. The minimum Gasteiger partial charge on any atom is -0.360 e. The monoisotopic (exact) mass is 540 g/mol. The highest BCUT2D eigenvalue weighted by Crippen LogP contribution is 2.27. The molecule has 0 aliphatic heterocycles. The van der Waals surface area contributed by atoms with Crippen LogP contribution in [0.4, 0.5) is 11.5 Å². The second kappa shape index (κ2) is 12.7. The molecule has 8 nitrogen and oxygen atoms in total. The third-order valence-electron chi connectivity index (χ3n) is 5.57. The zero-order chi connectivity index (χ0) is 27.8. The van der Waals surface area contributed by atoms with Gasteiger partial charge in [0.15, 0.2) is 5.82 Å². The van der Waals surface area contributed by atoms with Crippen molar-refractivity contribution in [2.45, 2.75) is 30.9 Å². The molecule has 39 heavy (non-hydrogen) atoms. The second-order valence-electron chi connectivity index (χ2n) is 8.84. The maximum atomic E-state index is 13.3. The Kier molecular flexibility index (Phi) is 8.96. The normalized spacial score (nSPS) is 11.9. The number of nitrogens with one attached hydrogen (secondary N) is 3. The lowest BCUT2D eigenvalue weighted by atomic mass is 10.1. The molecular formula is C30H28N4O4S. The average Bonchev–Trinajstić information content (AvgIpc) is 3.34. The van der Waals surface area contributed by atoms with Gasteiger partial charge in [0.2, 0.25) is 5.91 Å². The standard InChI is InChI=1S/C30H28N4O4S/c1-19-12-14-22(15-13-19)17-26(32-29(36)23-8-5-4-6-9-23)30(37)31-24-10-7-11-25(18-24)39-21(3)28(35)33-27-16-20(2)38-34-27/h4-18,21H,1-3H3,(H,31,37)(H,32,36)(H,33,34,35)/b26-17-. The number of aryl methyl sites for hydroxylation is 2. The number of nitrogens with zero attached hydrogens (tertiary/aromatic N) is 1. The quantitative estimate of drug-likeness (QED) is 0.182. The number of thioether (sulfide) groups is 1. The predicted octanol–water partition coefficient (Wildman–Crippen LogP) is 5.82. The first-order valence-corrected chi connectivity index (χ1v) is 13.1. The van der Waals surface area contributed by atoms with Crippen LogP contribution >= 0.6 is 11.8 Å². The van der Waals surface area contributed by atoms with E-state index in [9.17, 15) is 14.4 Å². The molecule has 1 atom stereocenters. The highest BCUT2D eigenvalue weighted by atomic mass is 32.2. The number of carbonyl (C=O) groups is 3. The molecule has 1 unspecified atom stereocenters. The molecule has 4 rings (SSSR count). The molecule has 0 saturated heterocycles. The molecular weight excluding hydrogens is 512 g/mol. The van der Waals surface area contributed by atoms with E-state index in [-0.39, 0.29) is 11.6 Å². The summed E-state index contributed by atoms with van der Waals surface area (Å²) in [6.07, 6.45) is 1.63. The van der Waals surface area contributed by atoms with E-state index in [0.29, 0.717) is 22.8 Å². The lowest BCUT2D eigenvalue weighted by Gasteiger charge is -2.13. The van der Waals surface area contributed by atoms with Crippen molar-refractivity contribution in [3.63, 3.8) is 0 Å². The van der Waals surface area contributed by atoms with Crippen molar-refractivity contribution in [3.8, 4) is 0 Å². The maximum Gasteiger partial charge on any atom is 0.272 e. The van der Waals surface area contributed by atoms with Gasteiger partial charge in [-0.1, -0.05) is 59.3 Å². The number of rotatable bonds is 9. The number of hydrogen-bond acceptors (Lipinski definition) is 6. The summed E-state index contributed by atoms with van der Waals surface area (Å²) in [6, 6.07) is 25.1. The number of carbonyl (C=O) groups excluding carboxylic acids is 3. The van der Waals surface area contributed by atoms with Gasteiger partial charge in [-0.3, -0.25) is 14.4 Å². The lowest BCUT2D eigenvalue weighted by molar-refractivity contribution is -0.115. The topological polar surface area (TPSA) is 113 Å². The summed E-state index contributed by atoms with van der Waals surface area (Å²) in [4.78, 5) is 39.5. The van der Waals surface area contributed by atoms with Crippen LogP contribution < -0.4 is 16.0 Å². The van der Waals surface area contributed by atoms with Crippen LogP contribution in [0.5, 0.6) is 0 Å². The van der Waals surface area contributed by atoms with Crippen molar-refractivity contribution >= 4 is 47.1 Å². The van der Waals surface area contributed by atoms with Crippen molar-refractivity contribution in [2.24, 2.45) is 0 Å². The van der Waals surface area contributed by atoms with Crippen molar-refractivity contribution in [1.29, 1.82) is 0 Å². The third kappa shape index (κ3) is 7.93. The third-order valence-corrected chi connectivity index (χ3v) is 6.66. The highest BCUT2D eigenvalue weighted by molar-refractivity contribution is 8.00. The van der Waals surface area contributed by atoms with Crippen molar-refractivity contribution in [2.75, 3.05) is 10.6 Å². The van der Waals surface area contributed by atoms with Crippen LogP contribution in [0.25, 0.3) is 6.08 Å². The van der Waals surface area contributed by atoms with Gasteiger partial charge >= 0.3 is 0 Å². The molecule has 0 aliphatic carbocycles. The number of hydrogen-bond donors (Lipinski definition) is 3. The van der Waals surface area contributed by atoms with E-state index in [0.717, 1.165) is 16.0 Å². The van der Waals surface area contributed by atoms with Crippen LogP contribution in [0.2, 0.25) is 0 Å². The molecule has 0 spiro atoms. The van der Waals surface area contributed by atoms with Gasteiger partial charge in [0.25, 0.3) is 11.8 Å². The fraction of sp³-hybridized carbons (Fsp3) is 0.133. The van der Waals surface area contributed by atoms with Crippen molar-refractivity contribution in [1.82, 2.24) is 10.5 Å². The maximum absolute atomic E-state index is 13.3. The summed E-state index contributed by atoms with van der Waals surface area (Å²) >= 11 is 1.33. The van der Waals surface area contributed by atoms with Gasteiger partial charge in [-0.2, -0.15) is 0 Å². The van der Waals surface area contributed by atoms with Gasteiger partial charge in [-0.25, -0.2) is 0 Å². The molecule has 3 N–H and O–H groups in total. The van der Waals surface area contributed by atoms with Crippen LogP contribution in [-0.2, 0) is 9.59 Å². The smallest absolute Gasteiger partial charge is 0.272 e. The molecule has 0 fully saturated rings. The molecule has 3 amide bonds. The molecule has 9 heteroatoms. The fourth-order valence-electron chi connectivity index (χ4n) is 3.53. The zero-order valence-electron chi connectivity index (χ0n) is 21.7. The van der Waals surface area contributed by atoms with Gasteiger partial charge < -0.3 is 20.5 Å². The Balaban J connectivity index is 1.48. The van der Waals surface area contributed by atoms with Crippen LogP contribution in [-0.4, -0.2) is 28.1 Å². The number of benzene rings is 3. The molecule has 198 valence electrons. The molecule has 4 aromatic rings. The Morgan fingerprint density at radius 3 is 2.33 bits per heavy atom. The first-order chi connectivity index (χ1) is 18.8. The predicted molar refractivity (Wildman–Crippen MR) is 153 cm³/mol. The molecule has 0 saturated carbocycles. The molecule has 1 aromatic heterocycles. The average molecular weight is 541 g/mol. The molecule has 0 radical (unpaired) electrons. The fourth-order valence-corrected chi connectivity index (χ4v) is 4.45. The van der Waals surface area contributed by atoms with Crippen LogP contribution in [0, 0.1) is 13.8 Å². The van der Waals surface area contributed by atoms with Crippen LogP contribution in [0.15, 0.2) is 100 Å². The highest BCUT2D eigenvalue weighted by Gasteiger charge is 2.18. The number of anilines is 2. The summed E-state index contributed by atoms with van der Waals surface area (Å²) in [5.74, 6) is -0.138. The Morgan fingerprint density at radius 2 is 1.64 bits per heavy atom. The summed E-state index contributed by atoms with van der Waals surface area (Å²) in [5, 5.41) is 11.7. The molecule has 0 aliphatic rings. The van der Waals surface area contributed by atoms with E-state index in [4.69, 9.17) is 4.52 Å². The van der Waals surface area contributed by atoms with Crippen molar-refractivity contribution < 1.29 is 18.9 Å². The van der Waals surface area contributed by atoms with E-state index in [1.807, 2.05) is 43.3 Å². The number of aromatic nitrogens is 1. The summed E-state index contributed by atoms with van der Waals surface area (Å²) < 4.78 is 4.98. The number of amides is 3. The summed E-state index contributed by atoms with van der Waals surface area (Å²) in [6.45, 7) is 5.50. The van der Waals surface area contributed by atoms with Crippen LogP contribution in [0.1, 0.15) is 34.2 Å². The van der Waals surface area contributed by atoms with Gasteiger partial charge in [0.05, 0.1) is 5.25 Å². The van der Waals surface area contributed by atoms with E-state index >= 15 is 0 Å². The summed E-state index contributed by atoms with van der Waals surface area (Å²) in [5.41, 5.74) is 2.91.